The second kappa shape index (κ2) is 7.30. The molecule has 0 unspecified atom stereocenters. The van der Waals surface area contributed by atoms with E-state index in [1.165, 1.54) is 50.0 Å². The van der Waals surface area contributed by atoms with E-state index < -0.39 is 0 Å². The summed E-state index contributed by atoms with van der Waals surface area (Å²) in [6, 6.07) is 2.17. The third-order valence-electron chi connectivity index (χ3n) is 5.86. The van der Waals surface area contributed by atoms with Crippen molar-refractivity contribution in [1.82, 2.24) is 24.5 Å². The molecular formula is C19H29N5O. The molecule has 0 N–H and O–H groups in total. The summed E-state index contributed by atoms with van der Waals surface area (Å²) in [7, 11) is 4.03. The van der Waals surface area contributed by atoms with Crippen LogP contribution in [0.3, 0.4) is 0 Å². The highest BCUT2D eigenvalue weighted by Crippen LogP contribution is 2.35. The first-order valence-electron chi connectivity index (χ1n) is 9.51. The van der Waals surface area contributed by atoms with Crippen LogP contribution in [0.2, 0.25) is 0 Å². The fraction of sp³-hybridized carbons (Fsp3) is 0.684. The Morgan fingerprint density at radius 1 is 1.16 bits per heavy atom. The average Bonchev–Trinajstić information content (AvgIpc) is 3.25. The predicted octanol–water partition coefficient (Wildman–Crippen LogP) is 2.50. The van der Waals surface area contributed by atoms with Crippen molar-refractivity contribution in [2.45, 2.75) is 37.7 Å². The van der Waals surface area contributed by atoms with Gasteiger partial charge < -0.3 is 9.64 Å². The number of hydrogen-bond acceptors (Lipinski definition) is 4. The minimum Gasteiger partial charge on any atom is -0.373 e. The number of piperidine rings is 1. The lowest BCUT2D eigenvalue weighted by Gasteiger charge is -2.38. The van der Waals surface area contributed by atoms with Crippen LogP contribution in [-0.4, -0.2) is 50.7 Å². The van der Waals surface area contributed by atoms with Gasteiger partial charge in [0.05, 0.1) is 12.3 Å². The Kier molecular flexibility index (Phi) is 4.90. The van der Waals surface area contributed by atoms with Gasteiger partial charge in [-0.25, -0.2) is 0 Å². The predicted molar refractivity (Wildman–Crippen MR) is 96.2 cm³/mol. The smallest absolute Gasteiger partial charge is 0.0895 e. The van der Waals surface area contributed by atoms with Crippen LogP contribution in [0, 0.1) is 5.92 Å². The second-order valence-electron chi connectivity index (χ2n) is 7.60. The van der Waals surface area contributed by atoms with E-state index in [9.17, 15) is 0 Å². The maximum atomic E-state index is 6.14. The number of ether oxygens (including phenoxy) is 1. The van der Waals surface area contributed by atoms with Crippen molar-refractivity contribution in [3.8, 4) is 0 Å². The zero-order chi connectivity index (χ0) is 17.2. The fourth-order valence-corrected chi connectivity index (χ4v) is 4.51. The van der Waals surface area contributed by atoms with Crippen molar-refractivity contribution in [2.24, 2.45) is 20.0 Å². The van der Waals surface area contributed by atoms with Gasteiger partial charge in [-0.15, -0.1) is 0 Å². The first-order chi connectivity index (χ1) is 12.2. The molecule has 136 valence electrons. The largest absolute Gasteiger partial charge is 0.373 e. The van der Waals surface area contributed by atoms with Crippen LogP contribution in [-0.2, 0) is 18.8 Å². The van der Waals surface area contributed by atoms with Crippen LogP contribution in [0.15, 0.2) is 24.7 Å². The number of hydrogen-bond donors (Lipinski definition) is 0. The lowest BCUT2D eigenvalue weighted by Crippen LogP contribution is -2.39. The van der Waals surface area contributed by atoms with Crippen molar-refractivity contribution >= 4 is 0 Å². The van der Waals surface area contributed by atoms with Gasteiger partial charge in [0, 0.05) is 62.7 Å². The highest BCUT2D eigenvalue weighted by atomic mass is 16.5. The summed E-state index contributed by atoms with van der Waals surface area (Å²) in [4.78, 5) is 2.63. The summed E-state index contributed by atoms with van der Waals surface area (Å²) < 4.78 is 10.0. The van der Waals surface area contributed by atoms with Crippen molar-refractivity contribution in [1.29, 1.82) is 0 Å². The number of aromatic nitrogens is 4. The second-order valence-corrected chi connectivity index (χ2v) is 7.60. The van der Waals surface area contributed by atoms with E-state index in [0.29, 0.717) is 11.8 Å². The third kappa shape index (κ3) is 3.65. The molecule has 2 aliphatic heterocycles. The molecule has 6 heteroatoms. The summed E-state index contributed by atoms with van der Waals surface area (Å²) in [6.07, 6.45) is 11.1. The quantitative estimate of drug-likeness (QED) is 0.856. The molecule has 0 saturated carbocycles. The molecule has 2 saturated heterocycles. The Morgan fingerprint density at radius 3 is 2.68 bits per heavy atom. The SMILES string of the molecule is Cn1cc([C@@H]2OCCC[C@H]2CN2CCC(c3ccnn3C)CC2)cn1. The molecule has 0 aliphatic carbocycles. The van der Waals surface area contributed by atoms with Crippen LogP contribution in [0.25, 0.3) is 0 Å². The summed E-state index contributed by atoms with van der Waals surface area (Å²) in [5.74, 6) is 1.23. The molecule has 2 aliphatic rings. The molecule has 2 atom stereocenters. The number of aryl methyl sites for hydroxylation is 2. The van der Waals surface area contributed by atoms with Crippen LogP contribution < -0.4 is 0 Å². The van der Waals surface area contributed by atoms with E-state index in [2.05, 4.69) is 34.4 Å². The highest BCUT2D eigenvalue weighted by molar-refractivity contribution is 5.11. The Morgan fingerprint density at radius 2 is 2.00 bits per heavy atom. The summed E-state index contributed by atoms with van der Waals surface area (Å²) in [5.41, 5.74) is 2.62. The molecule has 25 heavy (non-hydrogen) atoms. The molecule has 4 rings (SSSR count). The number of nitrogens with zero attached hydrogens (tertiary/aromatic N) is 5. The summed E-state index contributed by atoms with van der Waals surface area (Å²) in [6.45, 7) is 4.36. The molecular weight excluding hydrogens is 314 g/mol. The number of rotatable bonds is 4. The zero-order valence-corrected chi connectivity index (χ0v) is 15.3. The monoisotopic (exact) mass is 343 g/mol. The first kappa shape index (κ1) is 16.8. The Balaban J connectivity index is 1.36. The molecule has 4 heterocycles. The molecule has 0 spiro atoms. The van der Waals surface area contributed by atoms with Crippen molar-refractivity contribution in [2.75, 3.05) is 26.2 Å². The van der Waals surface area contributed by atoms with Crippen molar-refractivity contribution < 1.29 is 4.74 Å². The average molecular weight is 343 g/mol. The van der Waals surface area contributed by atoms with E-state index in [0.717, 1.165) is 13.2 Å². The zero-order valence-electron chi connectivity index (χ0n) is 15.3. The topological polar surface area (TPSA) is 48.1 Å². The molecule has 2 aromatic rings. The van der Waals surface area contributed by atoms with E-state index in [-0.39, 0.29) is 6.10 Å². The molecule has 2 aromatic heterocycles. The van der Waals surface area contributed by atoms with Gasteiger partial charge in [-0.3, -0.25) is 9.36 Å². The minimum absolute atomic E-state index is 0.206. The molecule has 6 nitrogen and oxygen atoms in total. The Hall–Kier alpha value is -1.66. The Bertz CT molecular complexity index is 686. The van der Waals surface area contributed by atoms with Gasteiger partial charge >= 0.3 is 0 Å². The molecule has 0 bridgehead atoms. The molecule has 0 radical (unpaired) electrons. The lowest BCUT2D eigenvalue weighted by molar-refractivity contribution is -0.0409. The Labute approximate surface area is 149 Å². The van der Waals surface area contributed by atoms with Gasteiger partial charge in [0.2, 0.25) is 0 Å². The lowest BCUT2D eigenvalue weighted by atomic mass is 9.88. The standard InChI is InChI=1S/C19H29N5O/c1-22-13-17(12-21-22)19-16(4-3-11-25-19)14-24-9-6-15(7-10-24)18-5-8-20-23(18)2/h5,8,12-13,15-16,19H,3-4,6-7,9-11,14H2,1-2H3/t16-,19+/m0/s1. The van der Waals surface area contributed by atoms with Crippen LogP contribution in [0.5, 0.6) is 0 Å². The molecule has 0 amide bonds. The van der Waals surface area contributed by atoms with E-state index >= 15 is 0 Å². The van der Waals surface area contributed by atoms with Crippen LogP contribution in [0.4, 0.5) is 0 Å². The van der Waals surface area contributed by atoms with E-state index in [4.69, 9.17) is 4.74 Å². The van der Waals surface area contributed by atoms with Crippen LogP contribution in [0.1, 0.15) is 49.0 Å². The van der Waals surface area contributed by atoms with Gasteiger partial charge in [-0.05, 0) is 44.8 Å². The van der Waals surface area contributed by atoms with Gasteiger partial charge in [-0.1, -0.05) is 0 Å². The van der Waals surface area contributed by atoms with Crippen molar-refractivity contribution in [3.05, 3.63) is 35.9 Å². The normalized spacial score (nSPS) is 26.2. The van der Waals surface area contributed by atoms with Gasteiger partial charge in [0.15, 0.2) is 0 Å². The third-order valence-corrected chi connectivity index (χ3v) is 5.86. The van der Waals surface area contributed by atoms with Crippen molar-refractivity contribution in [3.63, 3.8) is 0 Å². The van der Waals surface area contributed by atoms with Gasteiger partial charge in [-0.2, -0.15) is 10.2 Å². The van der Waals surface area contributed by atoms with Gasteiger partial charge in [0.1, 0.15) is 0 Å². The first-order valence-corrected chi connectivity index (χ1v) is 9.51. The van der Waals surface area contributed by atoms with E-state index in [1.54, 1.807) is 0 Å². The summed E-state index contributed by atoms with van der Waals surface area (Å²) in [5, 5.41) is 8.66. The molecule has 0 aromatic carbocycles. The molecule has 2 fully saturated rings. The van der Waals surface area contributed by atoms with E-state index in [1.807, 2.05) is 28.8 Å². The maximum absolute atomic E-state index is 6.14. The fourth-order valence-electron chi connectivity index (χ4n) is 4.51. The minimum atomic E-state index is 0.206. The number of likely N-dealkylation sites (tertiary alicyclic amines) is 1. The summed E-state index contributed by atoms with van der Waals surface area (Å²) >= 11 is 0. The highest BCUT2D eigenvalue weighted by Gasteiger charge is 2.31. The van der Waals surface area contributed by atoms with Gasteiger partial charge in [0.25, 0.3) is 0 Å². The maximum Gasteiger partial charge on any atom is 0.0895 e. The van der Waals surface area contributed by atoms with Crippen LogP contribution >= 0.6 is 0 Å².